The fraction of sp³-hybridized carbons (Fsp3) is 0.130. The number of allylic oxidation sites excluding steroid dienone is 2. The van der Waals surface area contributed by atoms with Gasteiger partial charge in [0.25, 0.3) is 5.91 Å². The molecule has 0 radical (unpaired) electrons. The molecule has 3 N–H and O–H groups in total. The van der Waals surface area contributed by atoms with Crippen molar-refractivity contribution in [3.63, 3.8) is 0 Å². The molecule has 2 aromatic rings. The van der Waals surface area contributed by atoms with Crippen LogP contribution in [0.2, 0.25) is 0 Å². The Morgan fingerprint density at radius 1 is 1.06 bits per heavy atom. The zero-order chi connectivity index (χ0) is 21.6. The fourth-order valence-electron chi connectivity index (χ4n) is 3.23. The normalized spacial score (nSPS) is 18.1. The van der Waals surface area contributed by atoms with Crippen molar-refractivity contribution in [1.82, 2.24) is 15.8 Å². The molecule has 0 fully saturated rings. The number of hydrogen-bond donors (Lipinski definition) is 3. The van der Waals surface area contributed by atoms with E-state index < -0.39 is 5.91 Å². The van der Waals surface area contributed by atoms with Gasteiger partial charge in [-0.15, -0.1) is 0 Å². The summed E-state index contributed by atoms with van der Waals surface area (Å²) in [5.41, 5.74) is 5.29. The summed E-state index contributed by atoms with van der Waals surface area (Å²) in [4.78, 5) is 34.1. The first-order chi connectivity index (χ1) is 15.1. The number of benzene rings is 1. The maximum absolute atomic E-state index is 12.9. The second kappa shape index (κ2) is 9.55. The Kier molecular flexibility index (Phi) is 6.40. The number of rotatable bonds is 6. The van der Waals surface area contributed by atoms with E-state index in [0.29, 0.717) is 23.6 Å². The Hall–Kier alpha value is -3.49. The molecule has 1 aromatic carbocycles. The van der Waals surface area contributed by atoms with Crippen LogP contribution in [0, 0.1) is 0 Å². The number of amides is 1. The largest absolute Gasteiger partial charge is 0.381 e. The Bertz CT molecular complexity index is 1120. The van der Waals surface area contributed by atoms with E-state index in [-0.39, 0.29) is 11.2 Å². The number of aromatic nitrogens is 1. The number of aliphatic imine (C=N–C) groups is 1. The number of fused-ring (bicyclic) bond motifs is 1. The second-order valence-corrected chi connectivity index (χ2v) is 7.92. The third kappa shape index (κ3) is 4.99. The molecule has 3 heterocycles. The molecule has 8 heteroatoms. The lowest BCUT2D eigenvalue weighted by atomic mass is 10.1. The van der Waals surface area contributed by atoms with E-state index in [4.69, 9.17) is 10.2 Å². The van der Waals surface area contributed by atoms with Gasteiger partial charge in [-0.2, -0.15) is 0 Å². The van der Waals surface area contributed by atoms with E-state index in [1.807, 2.05) is 30.3 Å². The SMILES string of the molecule is O=C(C=Cc1cccc(C=CC(=O)C2=C3SC(c4ccccc4)N=C3CCN2)n1)NO. The number of carbonyl (C=O) groups is 2. The molecule has 1 unspecified atom stereocenters. The third-order valence-corrected chi connectivity index (χ3v) is 5.98. The molecule has 7 nitrogen and oxygen atoms in total. The van der Waals surface area contributed by atoms with Gasteiger partial charge < -0.3 is 5.32 Å². The summed E-state index contributed by atoms with van der Waals surface area (Å²) in [5.74, 6) is -0.777. The third-order valence-electron chi connectivity index (χ3n) is 4.70. The number of nitrogens with zero attached hydrogens (tertiary/aromatic N) is 2. The Balaban J connectivity index is 1.51. The zero-order valence-electron chi connectivity index (χ0n) is 16.5. The summed E-state index contributed by atoms with van der Waals surface area (Å²) >= 11 is 1.60. The van der Waals surface area contributed by atoms with Gasteiger partial charge in [0.2, 0.25) is 5.78 Å². The average molecular weight is 433 g/mol. The van der Waals surface area contributed by atoms with E-state index >= 15 is 0 Å². The average Bonchev–Trinajstić information content (AvgIpc) is 3.26. The first-order valence-electron chi connectivity index (χ1n) is 9.72. The number of pyridine rings is 1. The van der Waals surface area contributed by atoms with Gasteiger partial charge in [-0.3, -0.25) is 19.8 Å². The van der Waals surface area contributed by atoms with Gasteiger partial charge in [0.05, 0.1) is 27.7 Å². The predicted octanol–water partition coefficient (Wildman–Crippen LogP) is 3.27. The molecule has 2 aliphatic heterocycles. The van der Waals surface area contributed by atoms with Crippen LogP contribution >= 0.6 is 11.8 Å². The van der Waals surface area contributed by atoms with Crippen LogP contribution in [-0.4, -0.2) is 34.1 Å². The lowest BCUT2D eigenvalue weighted by molar-refractivity contribution is -0.124. The van der Waals surface area contributed by atoms with Crippen LogP contribution in [0.25, 0.3) is 12.2 Å². The van der Waals surface area contributed by atoms with Crippen molar-refractivity contribution >= 4 is 41.3 Å². The molecule has 1 atom stereocenters. The van der Waals surface area contributed by atoms with Crippen molar-refractivity contribution in [3.8, 4) is 0 Å². The highest BCUT2D eigenvalue weighted by molar-refractivity contribution is 8.04. The van der Waals surface area contributed by atoms with E-state index in [1.165, 1.54) is 23.7 Å². The quantitative estimate of drug-likeness (QED) is 0.368. The minimum absolute atomic E-state index is 0.0286. The topological polar surface area (TPSA) is 104 Å². The van der Waals surface area contributed by atoms with E-state index in [2.05, 4.69) is 10.3 Å². The van der Waals surface area contributed by atoms with Crippen LogP contribution in [0.5, 0.6) is 0 Å². The Morgan fingerprint density at radius 2 is 1.81 bits per heavy atom. The van der Waals surface area contributed by atoms with Gasteiger partial charge in [0, 0.05) is 19.0 Å². The van der Waals surface area contributed by atoms with Crippen LogP contribution in [0.15, 0.2) is 76.3 Å². The molecule has 31 heavy (non-hydrogen) atoms. The highest BCUT2D eigenvalue weighted by Gasteiger charge is 2.31. The minimum Gasteiger partial charge on any atom is -0.381 e. The van der Waals surface area contributed by atoms with E-state index in [0.717, 1.165) is 22.6 Å². The lowest BCUT2D eigenvalue weighted by Crippen LogP contribution is -2.29. The van der Waals surface area contributed by atoms with Gasteiger partial charge in [-0.1, -0.05) is 48.2 Å². The molecule has 0 aliphatic carbocycles. The van der Waals surface area contributed by atoms with E-state index in [1.54, 1.807) is 36.0 Å². The number of carbonyl (C=O) groups excluding carboxylic acids is 2. The lowest BCUT2D eigenvalue weighted by Gasteiger charge is -2.18. The summed E-state index contributed by atoms with van der Waals surface area (Å²) < 4.78 is 0. The molecule has 1 aromatic heterocycles. The highest BCUT2D eigenvalue weighted by atomic mass is 32.2. The summed E-state index contributed by atoms with van der Waals surface area (Å²) in [7, 11) is 0. The summed E-state index contributed by atoms with van der Waals surface area (Å²) in [5, 5.41) is 11.7. The summed E-state index contributed by atoms with van der Waals surface area (Å²) in [6.45, 7) is 0.671. The summed E-state index contributed by atoms with van der Waals surface area (Å²) in [6.07, 6.45) is 6.57. The van der Waals surface area contributed by atoms with Gasteiger partial charge >= 0.3 is 0 Å². The maximum Gasteiger partial charge on any atom is 0.267 e. The molecule has 1 amide bonds. The van der Waals surface area contributed by atoms with Crippen LogP contribution < -0.4 is 10.8 Å². The first kappa shape index (κ1) is 20.8. The van der Waals surface area contributed by atoms with Crippen molar-refractivity contribution < 1.29 is 14.8 Å². The fourth-order valence-corrected chi connectivity index (χ4v) is 4.51. The molecule has 0 spiro atoms. The van der Waals surface area contributed by atoms with Gasteiger partial charge in [0.1, 0.15) is 5.37 Å². The number of hydrogen-bond acceptors (Lipinski definition) is 7. The molecular weight excluding hydrogens is 412 g/mol. The van der Waals surface area contributed by atoms with Crippen molar-refractivity contribution in [2.75, 3.05) is 6.54 Å². The van der Waals surface area contributed by atoms with Crippen molar-refractivity contribution in [3.05, 3.63) is 88.2 Å². The molecule has 156 valence electrons. The number of thioether (sulfide) groups is 1. The minimum atomic E-state index is -0.643. The number of hydroxylamine groups is 1. The number of nitrogens with one attached hydrogen (secondary N) is 2. The zero-order valence-corrected chi connectivity index (χ0v) is 17.3. The van der Waals surface area contributed by atoms with Gasteiger partial charge in [0.15, 0.2) is 0 Å². The van der Waals surface area contributed by atoms with Crippen LogP contribution in [0.4, 0.5) is 0 Å². The van der Waals surface area contributed by atoms with Crippen LogP contribution in [-0.2, 0) is 9.59 Å². The van der Waals surface area contributed by atoms with Crippen molar-refractivity contribution in [1.29, 1.82) is 0 Å². The monoisotopic (exact) mass is 432 g/mol. The van der Waals surface area contributed by atoms with Gasteiger partial charge in [-0.25, -0.2) is 10.5 Å². The Morgan fingerprint density at radius 3 is 2.55 bits per heavy atom. The molecule has 0 saturated heterocycles. The van der Waals surface area contributed by atoms with Crippen LogP contribution in [0.3, 0.4) is 0 Å². The number of ketones is 1. The molecular formula is C23H20N4O3S. The standard InChI is InChI=1S/C23H20N4O3S/c28-19(11-9-16-7-4-8-17(25-16)10-12-20(29)27-30)21-22-18(13-14-24-21)26-23(31-22)15-5-2-1-3-6-15/h1-12,23-24,30H,13-14H2,(H,27,29). The summed E-state index contributed by atoms with van der Waals surface area (Å²) in [6, 6.07) is 15.3. The predicted molar refractivity (Wildman–Crippen MR) is 121 cm³/mol. The van der Waals surface area contributed by atoms with Crippen LogP contribution in [0.1, 0.15) is 28.7 Å². The van der Waals surface area contributed by atoms with Crippen molar-refractivity contribution in [2.24, 2.45) is 4.99 Å². The first-order valence-corrected chi connectivity index (χ1v) is 10.6. The second-order valence-electron chi connectivity index (χ2n) is 6.83. The Labute approximate surface area is 183 Å². The van der Waals surface area contributed by atoms with Crippen molar-refractivity contribution in [2.45, 2.75) is 11.8 Å². The van der Waals surface area contributed by atoms with Gasteiger partial charge in [-0.05, 0) is 35.9 Å². The van der Waals surface area contributed by atoms with E-state index in [9.17, 15) is 9.59 Å². The molecule has 4 rings (SSSR count). The molecule has 0 bridgehead atoms. The molecule has 2 aliphatic rings. The molecule has 0 saturated carbocycles. The highest BCUT2D eigenvalue weighted by Crippen LogP contribution is 2.45. The maximum atomic E-state index is 12.9. The smallest absolute Gasteiger partial charge is 0.267 e.